The summed E-state index contributed by atoms with van der Waals surface area (Å²) in [4.78, 5) is 0. The molecule has 0 radical (unpaired) electrons. The van der Waals surface area contributed by atoms with E-state index in [0.717, 1.165) is 18.2 Å². The van der Waals surface area contributed by atoms with Gasteiger partial charge in [0.1, 0.15) is 5.75 Å². The first-order chi connectivity index (χ1) is 16.3. The van der Waals surface area contributed by atoms with Gasteiger partial charge in [0, 0.05) is 5.56 Å². The Hall–Kier alpha value is -3.08. The van der Waals surface area contributed by atoms with Gasteiger partial charge in [0.05, 0.1) is 13.2 Å². The molecule has 3 aromatic carbocycles. The zero-order valence-electron chi connectivity index (χ0n) is 18.4. The molecule has 0 aliphatic carbocycles. The highest BCUT2D eigenvalue weighted by Gasteiger charge is 2.78. The van der Waals surface area contributed by atoms with E-state index in [4.69, 9.17) is 4.74 Å². The van der Waals surface area contributed by atoms with E-state index >= 15 is 4.39 Å². The second-order valence-electron chi connectivity index (χ2n) is 8.02. The van der Waals surface area contributed by atoms with Gasteiger partial charge in [-0.15, -0.1) is 0 Å². The van der Waals surface area contributed by atoms with Crippen LogP contribution in [0.25, 0.3) is 11.1 Å². The summed E-state index contributed by atoms with van der Waals surface area (Å²) in [5.41, 5.74) is -2.76. The van der Waals surface area contributed by atoms with Crippen LogP contribution in [0.5, 0.6) is 5.75 Å². The maximum Gasteiger partial charge on any atom is 0.459 e. The van der Waals surface area contributed by atoms with E-state index in [2.05, 4.69) is 0 Å². The van der Waals surface area contributed by atoms with E-state index < -0.39 is 42.3 Å². The maximum absolute atomic E-state index is 15.5. The van der Waals surface area contributed by atoms with Gasteiger partial charge in [0.15, 0.2) is 5.60 Å². The van der Waals surface area contributed by atoms with Gasteiger partial charge in [0.2, 0.25) is 0 Å². The summed E-state index contributed by atoms with van der Waals surface area (Å²) in [6.45, 7) is -0.786. The van der Waals surface area contributed by atoms with Gasteiger partial charge in [-0.05, 0) is 47.4 Å². The summed E-state index contributed by atoms with van der Waals surface area (Å²) >= 11 is 0. The molecule has 35 heavy (non-hydrogen) atoms. The zero-order chi connectivity index (χ0) is 26.1. The lowest BCUT2D eigenvalue weighted by Gasteiger charge is -2.43. The first kappa shape index (κ1) is 26.5. The highest BCUT2D eigenvalue weighted by atomic mass is 19.4. The largest absolute Gasteiger partial charge is 0.477 e. The second-order valence-corrected chi connectivity index (χ2v) is 8.02. The van der Waals surface area contributed by atoms with E-state index in [1.807, 2.05) is 0 Å². The fourth-order valence-electron chi connectivity index (χ4n) is 3.63. The normalized spacial score (nSPS) is 15.8. The first-order valence-corrected chi connectivity index (χ1v) is 10.3. The molecule has 2 unspecified atom stereocenters. The number of benzene rings is 3. The monoisotopic (exact) mass is 500 g/mol. The average molecular weight is 500 g/mol. The molecule has 188 valence electrons. The van der Waals surface area contributed by atoms with Gasteiger partial charge in [-0.1, -0.05) is 54.6 Å². The van der Waals surface area contributed by atoms with Crippen molar-refractivity contribution in [3.05, 3.63) is 89.5 Å². The molecule has 0 spiro atoms. The third-order valence-corrected chi connectivity index (χ3v) is 5.77. The van der Waals surface area contributed by atoms with Crippen LogP contribution < -0.4 is 4.74 Å². The Morgan fingerprint density at radius 3 is 1.89 bits per heavy atom. The second kappa shape index (κ2) is 9.52. The fourth-order valence-corrected chi connectivity index (χ4v) is 3.63. The molecule has 0 heterocycles. The van der Waals surface area contributed by atoms with Crippen LogP contribution in [0.4, 0.5) is 26.3 Å². The fraction of sp³-hybridized carbons (Fsp3) is 0.280. The van der Waals surface area contributed by atoms with E-state index in [1.165, 1.54) is 18.2 Å². The number of aliphatic hydroxyl groups is 3. The minimum atomic E-state index is -6.46. The molecule has 0 aliphatic heterocycles. The number of hydrogen-bond donors (Lipinski definition) is 3. The molecule has 3 aromatic rings. The molecule has 2 atom stereocenters. The highest BCUT2D eigenvalue weighted by Crippen LogP contribution is 2.53. The van der Waals surface area contributed by atoms with Gasteiger partial charge in [-0.2, -0.15) is 22.0 Å². The standard InChI is InChI=1S/C25H22F6O4/c1-22(24(28,34)23(26,27)25(29,30)31,20-11-10-18(14-32)19(12-20)15-33)35-21-9-5-8-17(13-21)16-6-3-2-4-7-16/h2-13,32-34H,14-15H2,1H3. The third kappa shape index (κ3) is 4.73. The predicted octanol–water partition coefficient (Wildman–Crippen LogP) is 5.49. The molecule has 0 bridgehead atoms. The van der Waals surface area contributed by atoms with Crippen molar-refractivity contribution in [2.75, 3.05) is 0 Å². The number of hydrogen-bond acceptors (Lipinski definition) is 4. The van der Waals surface area contributed by atoms with Crippen molar-refractivity contribution in [3.63, 3.8) is 0 Å². The molecular formula is C25H22F6O4. The van der Waals surface area contributed by atoms with E-state index in [9.17, 15) is 37.3 Å². The Balaban J connectivity index is 2.20. The molecule has 0 aliphatic rings. The van der Waals surface area contributed by atoms with Crippen molar-refractivity contribution < 1.29 is 46.4 Å². The molecule has 10 heteroatoms. The van der Waals surface area contributed by atoms with Crippen molar-refractivity contribution >= 4 is 0 Å². The minimum absolute atomic E-state index is 0.0796. The molecular weight excluding hydrogens is 478 g/mol. The van der Waals surface area contributed by atoms with Crippen molar-refractivity contribution in [2.24, 2.45) is 0 Å². The zero-order valence-corrected chi connectivity index (χ0v) is 18.4. The number of alkyl halides is 6. The van der Waals surface area contributed by atoms with Crippen molar-refractivity contribution in [3.8, 4) is 16.9 Å². The maximum atomic E-state index is 15.5. The van der Waals surface area contributed by atoms with E-state index in [-0.39, 0.29) is 16.9 Å². The lowest BCUT2D eigenvalue weighted by Crippen LogP contribution is -2.66. The van der Waals surface area contributed by atoms with Crippen LogP contribution >= 0.6 is 0 Å². The molecule has 0 saturated carbocycles. The van der Waals surface area contributed by atoms with Crippen LogP contribution in [-0.2, 0) is 18.8 Å². The third-order valence-electron chi connectivity index (χ3n) is 5.77. The number of aliphatic hydroxyl groups excluding tert-OH is 2. The lowest BCUT2D eigenvalue weighted by atomic mass is 9.82. The smallest absolute Gasteiger partial charge is 0.459 e. The summed E-state index contributed by atoms with van der Waals surface area (Å²) in [6.07, 6.45) is -6.46. The summed E-state index contributed by atoms with van der Waals surface area (Å²) in [7, 11) is 0. The van der Waals surface area contributed by atoms with Crippen LogP contribution in [0, 0.1) is 0 Å². The summed E-state index contributed by atoms with van der Waals surface area (Å²) in [5, 5.41) is 29.1. The van der Waals surface area contributed by atoms with Crippen LogP contribution in [-0.4, -0.2) is 33.3 Å². The lowest BCUT2D eigenvalue weighted by molar-refractivity contribution is -0.406. The van der Waals surface area contributed by atoms with E-state index in [1.54, 1.807) is 36.4 Å². The van der Waals surface area contributed by atoms with E-state index in [0.29, 0.717) is 18.1 Å². The number of rotatable bonds is 8. The van der Waals surface area contributed by atoms with Crippen LogP contribution in [0.2, 0.25) is 0 Å². The topological polar surface area (TPSA) is 69.9 Å². The highest BCUT2D eigenvalue weighted by molar-refractivity contribution is 5.64. The van der Waals surface area contributed by atoms with Gasteiger partial charge in [0.25, 0.3) is 0 Å². The summed E-state index contributed by atoms with van der Waals surface area (Å²) in [6, 6.07) is 17.1. The summed E-state index contributed by atoms with van der Waals surface area (Å²) in [5.74, 6) is -11.9. The Labute approximate surface area is 197 Å². The SMILES string of the molecule is CC(Oc1cccc(-c2ccccc2)c1)(c1ccc(CO)c(CO)c1)C(O)(F)C(F)(F)C(F)(F)F. The molecule has 0 amide bonds. The van der Waals surface area contributed by atoms with Gasteiger partial charge >= 0.3 is 18.0 Å². The Morgan fingerprint density at radius 2 is 1.31 bits per heavy atom. The average Bonchev–Trinajstić information content (AvgIpc) is 2.83. The van der Waals surface area contributed by atoms with Gasteiger partial charge in [-0.3, -0.25) is 0 Å². The van der Waals surface area contributed by atoms with Crippen LogP contribution in [0.15, 0.2) is 72.8 Å². The molecule has 3 N–H and O–H groups in total. The molecule has 0 aromatic heterocycles. The molecule has 4 nitrogen and oxygen atoms in total. The van der Waals surface area contributed by atoms with Gasteiger partial charge in [-0.25, -0.2) is 4.39 Å². The van der Waals surface area contributed by atoms with Crippen LogP contribution in [0.3, 0.4) is 0 Å². The van der Waals surface area contributed by atoms with Crippen molar-refractivity contribution in [2.45, 2.75) is 43.7 Å². The predicted molar refractivity (Wildman–Crippen MR) is 115 cm³/mol. The Kier molecular flexibility index (Phi) is 7.21. The van der Waals surface area contributed by atoms with Crippen molar-refractivity contribution in [1.82, 2.24) is 0 Å². The number of ether oxygens (including phenoxy) is 1. The Bertz CT molecular complexity index is 1160. The van der Waals surface area contributed by atoms with Crippen molar-refractivity contribution in [1.29, 1.82) is 0 Å². The van der Waals surface area contributed by atoms with Gasteiger partial charge < -0.3 is 20.1 Å². The molecule has 3 rings (SSSR count). The minimum Gasteiger partial charge on any atom is -0.477 e. The first-order valence-electron chi connectivity index (χ1n) is 10.3. The summed E-state index contributed by atoms with van der Waals surface area (Å²) < 4.78 is 89.1. The van der Waals surface area contributed by atoms with Crippen LogP contribution in [0.1, 0.15) is 23.6 Å². The molecule has 0 fully saturated rings. The Morgan fingerprint density at radius 1 is 0.714 bits per heavy atom. The number of halogens is 6. The quantitative estimate of drug-likeness (QED) is 0.358. The molecule has 0 saturated heterocycles.